The van der Waals surface area contributed by atoms with E-state index in [1.165, 1.54) is 21.7 Å². The molecule has 0 spiro atoms. The number of ether oxygens (including phenoxy) is 1. The number of aryl methyl sites for hydroxylation is 1. The molecule has 1 saturated heterocycles. The van der Waals surface area contributed by atoms with Crippen LogP contribution in [0.15, 0.2) is 42.5 Å². The van der Waals surface area contributed by atoms with Crippen molar-refractivity contribution in [2.75, 3.05) is 59.1 Å². The van der Waals surface area contributed by atoms with Crippen molar-refractivity contribution in [1.29, 1.82) is 0 Å². The van der Waals surface area contributed by atoms with E-state index in [1.807, 2.05) is 9.80 Å². The molecule has 1 unspecified atom stereocenters. The fourth-order valence-electron chi connectivity index (χ4n) is 5.92. The number of halogens is 2. The van der Waals surface area contributed by atoms with Crippen molar-refractivity contribution in [3.63, 3.8) is 0 Å². The van der Waals surface area contributed by atoms with Crippen molar-refractivity contribution >= 4 is 50.8 Å². The Bertz CT molecular complexity index is 1470. The minimum absolute atomic E-state index is 0.0623. The summed E-state index contributed by atoms with van der Waals surface area (Å²) in [6.45, 7) is 3.50. The second-order valence-corrected chi connectivity index (χ2v) is 14.0. The molecule has 2 heterocycles. The summed E-state index contributed by atoms with van der Waals surface area (Å²) in [6, 6.07) is 11.5. The van der Waals surface area contributed by atoms with Crippen LogP contribution in [-0.2, 0) is 32.6 Å². The molecule has 42 heavy (non-hydrogen) atoms. The maximum Gasteiger partial charge on any atom is 0.410 e. The topological polar surface area (TPSA) is 90.5 Å². The average Bonchev–Trinajstić information content (AvgIpc) is 3.38. The van der Waals surface area contributed by atoms with Gasteiger partial charge < -0.3 is 14.5 Å². The minimum Gasteiger partial charge on any atom is -0.445 e. The number of hydrogen-bond acceptors (Lipinski definition) is 6. The molecule has 0 aromatic heterocycles. The number of benzene rings is 2. The van der Waals surface area contributed by atoms with Crippen molar-refractivity contribution in [2.45, 2.75) is 31.9 Å². The molecule has 0 saturated carbocycles. The van der Waals surface area contributed by atoms with Gasteiger partial charge in [-0.25, -0.2) is 13.2 Å². The van der Waals surface area contributed by atoms with Crippen LogP contribution in [0.2, 0.25) is 10.0 Å². The van der Waals surface area contributed by atoms with Crippen molar-refractivity contribution in [1.82, 2.24) is 19.0 Å². The summed E-state index contributed by atoms with van der Waals surface area (Å²) >= 11 is 12.1. The highest BCUT2D eigenvalue weighted by Crippen LogP contribution is 2.38. The van der Waals surface area contributed by atoms with Gasteiger partial charge in [0, 0.05) is 56.4 Å². The van der Waals surface area contributed by atoms with Crippen LogP contribution < -0.4 is 0 Å². The summed E-state index contributed by atoms with van der Waals surface area (Å²) in [5.74, 6) is 0.0623. The van der Waals surface area contributed by atoms with Gasteiger partial charge in [0.25, 0.3) is 0 Å². The highest BCUT2D eigenvalue weighted by atomic mass is 35.5. The highest BCUT2D eigenvalue weighted by Gasteiger charge is 2.31. The van der Waals surface area contributed by atoms with Gasteiger partial charge in [-0.2, -0.15) is 4.31 Å². The van der Waals surface area contributed by atoms with Crippen LogP contribution in [0.25, 0.3) is 5.57 Å². The van der Waals surface area contributed by atoms with E-state index in [9.17, 15) is 18.0 Å². The molecule has 12 heteroatoms. The van der Waals surface area contributed by atoms with Gasteiger partial charge in [-0.05, 0) is 71.4 Å². The molecule has 1 fully saturated rings. The fraction of sp³-hybridized carbons (Fsp3) is 0.467. The molecule has 1 atom stereocenters. The van der Waals surface area contributed by atoms with Gasteiger partial charge in [0.1, 0.15) is 6.61 Å². The molecule has 0 N–H and O–H groups in total. The van der Waals surface area contributed by atoms with Crippen LogP contribution in [0.4, 0.5) is 4.79 Å². The molecule has 9 nitrogen and oxygen atoms in total. The molecule has 0 radical (unpaired) electrons. The molecule has 2 aromatic rings. The normalized spacial score (nSPS) is 19.8. The summed E-state index contributed by atoms with van der Waals surface area (Å²) in [5.41, 5.74) is 5.39. The zero-order valence-corrected chi connectivity index (χ0v) is 26.2. The zero-order chi connectivity index (χ0) is 30.0. The van der Waals surface area contributed by atoms with Crippen LogP contribution in [0.5, 0.6) is 0 Å². The standard InChI is InChI=1S/C30H36Cl2N4O5S/c1-33(30(38)41-20-21-15-25(31)18-26(32)16-21)28-6-5-23-3-4-24(17-27(23)28)22-7-9-35(10-8-22)29(37)19-34-11-13-36(14-12-34)42(2,39)40/h3-4,7,15-18,28H,5-6,8-14,19-20H2,1-2H3. The number of amides is 2. The first kappa shape index (κ1) is 30.8. The quantitative estimate of drug-likeness (QED) is 0.447. The molecule has 3 aliphatic rings. The Hall–Kier alpha value is -2.63. The number of hydrogen-bond donors (Lipinski definition) is 0. The molecule has 2 amide bonds. The summed E-state index contributed by atoms with van der Waals surface area (Å²) in [5, 5.41) is 0.988. The first-order valence-corrected chi connectivity index (χ1v) is 16.7. The number of rotatable bonds is 7. The maximum absolute atomic E-state index is 13.0. The fourth-order valence-corrected chi connectivity index (χ4v) is 7.32. The van der Waals surface area contributed by atoms with E-state index in [1.54, 1.807) is 30.1 Å². The monoisotopic (exact) mass is 634 g/mol. The van der Waals surface area contributed by atoms with Gasteiger partial charge in [-0.15, -0.1) is 0 Å². The summed E-state index contributed by atoms with van der Waals surface area (Å²) in [4.78, 5) is 31.4. The van der Waals surface area contributed by atoms with Crippen molar-refractivity contribution in [2.24, 2.45) is 0 Å². The predicted molar refractivity (Wildman–Crippen MR) is 164 cm³/mol. The number of carbonyl (C=O) groups is 2. The second-order valence-electron chi connectivity index (χ2n) is 11.2. The van der Waals surface area contributed by atoms with Crippen LogP contribution in [0.3, 0.4) is 0 Å². The third kappa shape index (κ3) is 7.29. The Morgan fingerprint density at radius 1 is 1.00 bits per heavy atom. The van der Waals surface area contributed by atoms with Crippen molar-refractivity contribution in [3.8, 4) is 0 Å². The van der Waals surface area contributed by atoms with Gasteiger partial charge in [-0.1, -0.05) is 41.4 Å². The Morgan fingerprint density at radius 2 is 1.71 bits per heavy atom. The van der Waals surface area contributed by atoms with Crippen LogP contribution in [0.1, 0.15) is 41.1 Å². The largest absolute Gasteiger partial charge is 0.445 e. The average molecular weight is 636 g/mol. The van der Waals surface area contributed by atoms with Crippen LogP contribution in [-0.4, -0.2) is 98.5 Å². The number of carbonyl (C=O) groups excluding carboxylic acids is 2. The van der Waals surface area contributed by atoms with Crippen molar-refractivity contribution in [3.05, 3.63) is 74.8 Å². The highest BCUT2D eigenvalue weighted by molar-refractivity contribution is 7.88. The summed E-state index contributed by atoms with van der Waals surface area (Å²) < 4.78 is 30.5. The molecule has 0 bridgehead atoms. The van der Waals surface area contributed by atoms with E-state index in [-0.39, 0.29) is 18.6 Å². The molecule has 1 aliphatic carbocycles. The Kier molecular flexibility index (Phi) is 9.49. The van der Waals surface area contributed by atoms with Gasteiger partial charge in [0.15, 0.2) is 0 Å². The van der Waals surface area contributed by atoms with E-state index < -0.39 is 16.1 Å². The lowest BCUT2D eigenvalue weighted by atomic mass is 9.95. The lowest BCUT2D eigenvalue weighted by Crippen LogP contribution is -2.51. The molecule has 5 rings (SSSR count). The van der Waals surface area contributed by atoms with Crippen molar-refractivity contribution < 1.29 is 22.7 Å². The molecule has 2 aliphatic heterocycles. The zero-order valence-electron chi connectivity index (χ0n) is 23.9. The SMILES string of the molecule is CN(C(=O)OCc1cc(Cl)cc(Cl)c1)C1CCc2ccc(C3=CCN(C(=O)CN4CCN(S(C)(=O)=O)CC4)CC3)cc21. The summed E-state index contributed by atoms with van der Waals surface area (Å²) in [6.07, 6.45) is 5.40. The minimum atomic E-state index is -3.19. The first-order chi connectivity index (χ1) is 20.0. The Morgan fingerprint density at radius 3 is 2.36 bits per heavy atom. The Balaban J connectivity index is 1.17. The second kappa shape index (κ2) is 12.9. The van der Waals surface area contributed by atoms with E-state index >= 15 is 0 Å². The van der Waals surface area contributed by atoms with E-state index in [2.05, 4.69) is 24.3 Å². The third-order valence-corrected chi connectivity index (χ3v) is 10.1. The molecule has 226 valence electrons. The summed E-state index contributed by atoms with van der Waals surface area (Å²) in [7, 11) is -1.43. The predicted octanol–water partition coefficient (Wildman–Crippen LogP) is 4.44. The van der Waals surface area contributed by atoms with Crippen LogP contribution >= 0.6 is 23.2 Å². The Labute approximate surface area is 257 Å². The maximum atomic E-state index is 13.0. The van der Waals surface area contributed by atoms with Crippen LogP contribution in [0, 0.1) is 0 Å². The first-order valence-electron chi connectivity index (χ1n) is 14.1. The van der Waals surface area contributed by atoms with E-state index in [0.717, 1.165) is 36.0 Å². The molecule has 2 aromatic carbocycles. The lowest BCUT2D eigenvalue weighted by molar-refractivity contribution is -0.132. The van der Waals surface area contributed by atoms with E-state index in [0.29, 0.717) is 55.9 Å². The molecular weight excluding hydrogens is 599 g/mol. The number of sulfonamides is 1. The van der Waals surface area contributed by atoms with Gasteiger partial charge in [0.05, 0.1) is 18.8 Å². The van der Waals surface area contributed by atoms with Gasteiger partial charge >= 0.3 is 6.09 Å². The lowest BCUT2D eigenvalue weighted by Gasteiger charge is -2.34. The van der Waals surface area contributed by atoms with Gasteiger partial charge in [-0.3, -0.25) is 9.69 Å². The third-order valence-electron chi connectivity index (χ3n) is 8.32. The van der Waals surface area contributed by atoms with E-state index in [4.69, 9.17) is 27.9 Å². The number of piperazine rings is 1. The smallest absolute Gasteiger partial charge is 0.410 e. The number of fused-ring (bicyclic) bond motifs is 1. The number of nitrogens with zero attached hydrogens (tertiary/aromatic N) is 4. The van der Waals surface area contributed by atoms with Gasteiger partial charge in [0.2, 0.25) is 15.9 Å². The molecular formula is C30H36Cl2N4O5S.